The SMILES string of the molecule is COc1ncccc1COc1cncc(C#CCCCl)c1. The summed E-state index contributed by atoms with van der Waals surface area (Å²) >= 11 is 5.58. The summed E-state index contributed by atoms with van der Waals surface area (Å²) < 4.78 is 10.9. The first kappa shape index (κ1) is 15.1. The Morgan fingerprint density at radius 2 is 2.24 bits per heavy atom. The molecule has 4 nitrogen and oxygen atoms in total. The van der Waals surface area contributed by atoms with Gasteiger partial charge in [-0.2, -0.15) is 0 Å². The van der Waals surface area contributed by atoms with Gasteiger partial charge in [-0.1, -0.05) is 11.8 Å². The van der Waals surface area contributed by atoms with E-state index in [-0.39, 0.29) is 0 Å². The van der Waals surface area contributed by atoms with E-state index in [4.69, 9.17) is 21.1 Å². The number of rotatable bonds is 5. The molecular formula is C16H15ClN2O2. The first-order valence-electron chi connectivity index (χ1n) is 6.44. The molecule has 2 heterocycles. The van der Waals surface area contributed by atoms with Gasteiger partial charge in [-0.15, -0.1) is 11.6 Å². The molecule has 0 aliphatic carbocycles. The highest BCUT2D eigenvalue weighted by molar-refractivity contribution is 6.18. The van der Waals surface area contributed by atoms with Gasteiger partial charge in [0.1, 0.15) is 12.4 Å². The first-order valence-corrected chi connectivity index (χ1v) is 6.97. The van der Waals surface area contributed by atoms with Crippen LogP contribution in [0.1, 0.15) is 17.5 Å². The van der Waals surface area contributed by atoms with Crippen molar-refractivity contribution >= 4 is 11.6 Å². The lowest BCUT2D eigenvalue weighted by Gasteiger charge is -2.08. The first-order chi connectivity index (χ1) is 10.3. The Balaban J connectivity index is 2.03. The third kappa shape index (κ3) is 4.66. The van der Waals surface area contributed by atoms with Gasteiger partial charge in [0.15, 0.2) is 0 Å². The second kappa shape index (κ2) is 8.13. The largest absolute Gasteiger partial charge is 0.487 e. The summed E-state index contributed by atoms with van der Waals surface area (Å²) in [6.07, 6.45) is 5.67. The van der Waals surface area contributed by atoms with Gasteiger partial charge in [0.2, 0.25) is 5.88 Å². The Kier molecular flexibility index (Phi) is 5.86. The number of hydrogen-bond donors (Lipinski definition) is 0. The Labute approximate surface area is 129 Å². The summed E-state index contributed by atoms with van der Waals surface area (Å²) in [5.74, 6) is 7.69. The molecule has 0 radical (unpaired) electrons. The van der Waals surface area contributed by atoms with Crippen LogP contribution in [0.2, 0.25) is 0 Å². The highest BCUT2D eigenvalue weighted by atomic mass is 35.5. The summed E-state index contributed by atoms with van der Waals surface area (Å²) in [6, 6.07) is 5.59. The minimum atomic E-state index is 0.358. The topological polar surface area (TPSA) is 44.2 Å². The summed E-state index contributed by atoms with van der Waals surface area (Å²) in [5.41, 5.74) is 1.68. The zero-order valence-corrected chi connectivity index (χ0v) is 12.4. The van der Waals surface area contributed by atoms with Crippen LogP contribution in [0, 0.1) is 11.8 Å². The maximum Gasteiger partial charge on any atom is 0.219 e. The average molecular weight is 303 g/mol. The molecule has 2 aromatic rings. The summed E-state index contributed by atoms with van der Waals surface area (Å²) in [6.45, 7) is 0.358. The Morgan fingerprint density at radius 1 is 1.33 bits per heavy atom. The normalized spacial score (nSPS) is 9.62. The van der Waals surface area contributed by atoms with Crippen molar-refractivity contribution in [2.75, 3.05) is 13.0 Å². The predicted octanol–water partition coefficient (Wildman–Crippen LogP) is 3.04. The van der Waals surface area contributed by atoms with Crippen LogP contribution in [-0.2, 0) is 6.61 Å². The maximum atomic E-state index is 5.71. The maximum absolute atomic E-state index is 5.71. The van der Waals surface area contributed by atoms with Gasteiger partial charge in [-0.25, -0.2) is 4.98 Å². The zero-order chi connectivity index (χ0) is 14.9. The van der Waals surface area contributed by atoms with E-state index in [1.165, 1.54) is 0 Å². The molecule has 0 amide bonds. The second-order valence-electron chi connectivity index (χ2n) is 4.11. The van der Waals surface area contributed by atoms with Crippen molar-refractivity contribution in [1.82, 2.24) is 9.97 Å². The molecule has 5 heteroatoms. The second-order valence-corrected chi connectivity index (χ2v) is 4.49. The number of hydrogen-bond acceptors (Lipinski definition) is 4. The van der Waals surface area contributed by atoms with Crippen molar-refractivity contribution in [3.8, 4) is 23.5 Å². The summed E-state index contributed by atoms with van der Waals surface area (Å²) in [7, 11) is 1.58. The van der Waals surface area contributed by atoms with Crippen molar-refractivity contribution < 1.29 is 9.47 Å². The molecule has 0 spiro atoms. The van der Waals surface area contributed by atoms with Crippen LogP contribution in [0.25, 0.3) is 0 Å². The lowest BCUT2D eigenvalue weighted by molar-refractivity contribution is 0.292. The molecule has 0 atom stereocenters. The monoisotopic (exact) mass is 302 g/mol. The number of aromatic nitrogens is 2. The van der Waals surface area contributed by atoms with E-state index >= 15 is 0 Å². The molecule has 21 heavy (non-hydrogen) atoms. The lowest BCUT2D eigenvalue weighted by atomic mass is 10.2. The quantitative estimate of drug-likeness (QED) is 0.629. The van der Waals surface area contributed by atoms with E-state index in [1.54, 1.807) is 25.7 Å². The smallest absolute Gasteiger partial charge is 0.219 e. The van der Waals surface area contributed by atoms with Crippen LogP contribution in [0.5, 0.6) is 11.6 Å². The van der Waals surface area contributed by atoms with E-state index in [1.807, 2.05) is 18.2 Å². The van der Waals surface area contributed by atoms with Crippen molar-refractivity contribution in [2.24, 2.45) is 0 Å². The van der Waals surface area contributed by atoms with Gasteiger partial charge in [0.25, 0.3) is 0 Å². The highest BCUT2D eigenvalue weighted by Crippen LogP contribution is 2.17. The molecule has 108 valence electrons. The van der Waals surface area contributed by atoms with Crippen molar-refractivity contribution in [3.63, 3.8) is 0 Å². The van der Waals surface area contributed by atoms with Crippen LogP contribution in [0.3, 0.4) is 0 Å². The number of pyridine rings is 2. The van der Waals surface area contributed by atoms with Gasteiger partial charge >= 0.3 is 0 Å². The fourth-order valence-electron chi connectivity index (χ4n) is 1.66. The summed E-state index contributed by atoms with van der Waals surface area (Å²) in [5, 5.41) is 0. The van der Waals surface area contributed by atoms with Crippen LogP contribution < -0.4 is 9.47 Å². The molecule has 0 bridgehead atoms. The summed E-state index contributed by atoms with van der Waals surface area (Å²) in [4.78, 5) is 8.24. The van der Waals surface area contributed by atoms with Gasteiger partial charge in [0, 0.05) is 30.3 Å². The highest BCUT2D eigenvalue weighted by Gasteiger charge is 2.04. The number of alkyl halides is 1. The van der Waals surface area contributed by atoms with E-state index < -0.39 is 0 Å². The number of methoxy groups -OCH3 is 1. The molecule has 0 N–H and O–H groups in total. The van der Waals surface area contributed by atoms with E-state index in [9.17, 15) is 0 Å². The fraction of sp³-hybridized carbons (Fsp3) is 0.250. The fourth-order valence-corrected chi connectivity index (χ4v) is 1.75. The number of halogens is 1. The molecule has 0 aliphatic heterocycles. The molecule has 0 aliphatic rings. The van der Waals surface area contributed by atoms with Gasteiger partial charge in [-0.3, -0.25) is 4.98 Å². The van der Waals surface area contributed by atoms with Crippen molar-refractivity contribution in [2.45, 2.75) is 13.0 Å². The minimum absolute atomic E-state index is 0.358. The van der Waals surface area contributed by atoms with Gasteiger partial charge < -0.3 is 9.47 Å². The van der Waals surface area contributed by atoms with Crippen LogP contribution in [0.4, 0.5) is 0 Å². The van der Waals surface area contributed by atoms with Crippen LogP contribution in [-0.4, -0.2) is 23.0 Å². The van der Waals surface area contributed by atoms with Gasteiger partial charge in [-0.05, 0) is 18.2 Å². The zero-order valence-electron chi connectivity index (χ0n) is 11.7. The van der Waals surface area contributed by atoms with Crippen LogP contribution >= 0.6 is 11.6 Å². The molecule has 0 saturated heterocycles. The molecule has 2 aromatic heterocycles. The molecule has 0 saturated carbocycles. The Bertz CT molecular complexity index is 650. The van der Waals surface area contributed by atoms with Crippen molar-refractivity contribution in [1.29, 1.82) is 0 Å². The minimum Gasteiger partial charge on any atom is -0.487 e. The molecule has 0 aromatic carbocycles. The van der Waals surface area contributed by atoms with Crippen molar-refractivity contribution in [3.05, 3.63) is 47.9 Å². The number of nitrogens with zero attached hydrogens (tertiary/aromatic N) is 2. The molecule has 0 fully saturated rings. The van der Waals surface area contributed by atoms with Gasteiger partial charge in [0.05, 0.1) is 18.9 Å². The van der Waals surface area contributed by atoms with E-state index in [0.717, 1.165) is 11.1 Å². The molecule has 2 rings (SSSR count). The average Bonchev–Trinajstić information content (AvgIpc) is 2.54. The van der Waals surface area contributed by atoms with Crippen LogP contribution in [0.15, 0.2) is 36.8 Å². The van der Waals surface area contributed by atoms with E-state index in [2.05, 4.69) is 21.8 Å². The van der Waals surface area contributed by atoms with E-state index in [0.29, 0.717) is 30.5 Å². The third-order valence-corrected chi connectivity index (χ3v) is 2.79. The third-order valence-electron chi connectivity index (χ3n) is 2.60. The molecule has 0 unspecified atom stereocenters. The predicted molar refractivity (Wildman–Crippen MR) is 81.6 cm³/mol. The lowest BCUT2D eigenvalue weighted by Crippen LogP contribution is -2.00. The Morgan fingerprint density at radius 3 is 3.05 bits per heavy atom. The number of ether oxygens (including phenoxy) is 2. The Hall–Kier alpha value is -2.25. The molecular weight excluding hydrogens is 288 g/mol. The standard InChI is InChI=1S/C16H15ClN2O2/c1-20-16-14(6-4-8-19-16)12-21-15-9-13(10-18-11-15)5-2-3-7-17/h4,6,8-11H,3,7,12H2,1H3.